The third-order valence-corrected chi connectivity index (χ3v) is 2.85. The minimum atomic E-state index is 0.0859. The molecule has 0 amide bonds. The maximum Gasteiger partial charge on any atom is 0.0951 e. The van der Waals surface area contributed by atoms with Crippen LogP contribution in [0.3, 0.4) is 0 Å². The number of nitrogens with zero attached hydrogens (tertiary/aromatic N) is 2. The lowest BCUT2D eigenvalue weighted by atomic mass is 9.94. The molecule has 0 aliphatic carbocycles. The van der Waals surface area contributed by atoms with Gasteiger partial charge in [0.25, 0.3) is 0 Å². The quantitative estimate of drug-likeness (QED) is 0.596. The second-order valence-electron chi connectivity index (χ2n) is 4.03. The molecule has 0 aromatic rings. The molecular weight excluding hydrogens is 148 g/mol. The normalized spacial score (nSPS) is 34.2. The monoisotopic (exact) mass is 166 g/mol. The van der Waals surface area contributed by atoms with E-state index in [1.807, 2.05) is 6.92 Å². The first-order valence-electron chi connectivity index (χ1n) is 4.80. The van der Waals surface area contributed by atoms with E-state index in [0.29, 0.717) is 6.04 Å². The molecule has 2 heteroatoms. The molecule has 0 radical (unpaired) electrons. The standard InChI is InChI=1S/C10H18N2/c1-8-4-5-9(2)12(7-8)10(3)6-11/h8-10H,4-5,7H2,1-3H3. The van der Waals surface area contributed by atoms with Gasteiger partial charge in [-0.2, -0.15) is 5.26 Å². The SMILES string of the molecule is CC1CCC(C)N(C(C)C#N)C1. The third-order valence-electron chi connectivity index (χ3n) is 2.85. The van der Waals surface area contributed by atoms with Crippen molar-refractivity contribution >= 4 is 0 Å². The van der Waals surface area contributed by atoms with E-state index in [9.17, 15) is 0 Å². The zero-order valence-corrected chi connectivity index (χ0v) is 8.25. The molecule has 1 rings (SSSR count). The number of piperidine rings is 1. The van der Waals surface area contributed by atoms with Crippen molar-refractivity contribution in [2.45, 2.75) is 45.7 Å². The van der Waals surface area contributed by atoms with Crippen molar-refractivity contribution < 1.29 is 0 Å². The van der Waals surface area contributed by atoms with E-state index < -0.39 is 0 Å². The fraction of sp³-hybridized carbons (Fsp3) is 0.900. The van der Waals surface area contributed by atoms with E-state index in [2.05, 4.69) is 24.8 Å². The Hall–Kier alpha value is -0.550. The van der Waals surface area contributed by atoms with Gasteiger partial charge in [0, 0.05) is 12.6 Å². The summed E-state index contributed by atoms with van der Waals surface area (Å²) >= 11 is 0. The van der Waals surface area contributed by atoms with Gasteiger partial charge in [-0.1, -0.05) is 6.92 Å². The van der Waals surface area contributed by atoms with Crippen LogP contribution in [0.1, 0.15) is 33.6 Å². The lowest BCUT2D eigenvalue weighted by molar-refractivity contribution is 0.107. The van der Waals surface area contributed by atoms with Crippen molar-refractivity contribution in [1.82, 2.24) is 4.90 Å². The Kier molecular flexibility index (Phi) is 3.11. The summed E-state index contributed by atoms with van der Waals surface area (Å²) in [7, 11) is 0. The average Bonchev–Trinajstić information content (AvgIpc) is 2.08. The molecule has 68 valence electrons. The molecule has 0 spiro atoms. The van der Waals surface area contributed by atoms with E-state index in [4.69, 9.17) is 5.26 Å². The lowest BCUT2D eigenvalue weighted by Gasteiger charge is -2.38. The minimum Gasteiger partial charge on any atom is -0.285 e. The molecule has 0 bridgehead atoms. The first kappa shape index (κ1) is 9.54. The van der Waals surface area contributed by atoms with E-state index in [1.54, 1.807) is 0 Å². The number of rotatable bonds is 1. The van der Waals surface area contributed by atoms with Gasteiger partial charge in [0.15, 0.2) is 0 Å². The molecule has 1 aliphatic heterocycles. The molecule has 3 atom stereocenters. The Morgan fingerprint density at radius 1 is 1.42 bits per heavy atom. The number of hydrogen-bond acceptors (Lipinski definition) is 2. The summed E-state index contributed by atoms with van der Waals surface area (Å²) in [6.07, 6.45) is 2.56. The van der Waals surface area contributed by atoms with Gasteiger partial charge in [0.05, 0.1) is 12.1 Å². The van der Waals surface area contributed by atoms with E-state index in [0.717, 1.165) is 12.5 Å². The number of likely N-dealkylation sites (tertiary alicyclic amines) is 1. The highest BCUT2D eigenvalue weighted by Crippen LogP contribution is 2.22. The molecule has 0 N–H and O–H groups in total. The predicted molar refractivity (Wildman–Crippen MR) is 49.6 cm³/mol. The largest absolute Gasteiger partial charge is 0.285 e. The smallest absolute Gasteiger partial charge is 0.0951 e. The van der Waals surface area contributed by atoms with Crippen LogP contribution in [0, 0.1) is 17.2 Å². The highest BCUT2D eigenvalue weighted by atomic mass is 15.2. The van der Waals surface area contributed by atoms with Gasteiger partial charge in [-0.25, -0.2) is 0 Å². The predicted octanol–water partition coefficient (Wildman–Crippen LogP) is 2.02. The van der Waals surface area contributed by atoms with Crippen LogP contribution in [0.25, 0.3) is 0 Å². The summed E-state index contributed by atoms with van der Waals surface area (Å²) in [4.78, 5) is 2.31. The minimum absolute atomic E-state index is 0.0859. The maximum absolute atomic E-state index is 8.80. The molecule has 1 heterocycles. The third kappa shape index (κ3) is 1.98. The molecule has 0 aromatic carbocycles. The first-order valence-corrected chi connectivity index (χ1v) is 4.80. The van der Waals surface area contributed by atoms with Gasteiger partial charge < -0.3 is 0 Å². The van der Waals surface area contributed by atoms with Crippen molar-refractivity contribution in [3.05, 3.63) is 0 Å². The Balaban J connectivity index is 2.55. The van der Waals surface area contributed by atoms with Crippen molar-refractivity contribution in [2.75, 3.05) is 6.54 Å². The van der Waals surface area contributed by atoms with E-state index >= 15 is 0 Å². The van der Waals surface area contributed by atoms with Crippen LogP contribution in [-0.2, 0) is 0 Å². The summed E-state index contributed by atoms with van der Waals surface area (Å²) in [5.74, 6) is 0.761. The van der Waals surface area contributed by atoms with Crippen molar-refractivity contribution in [3.63, 3.8) is 0 Å². The van der Waals surface area contributed by atoms with Crippen LogP contribution in [0.2, 0.25) is 0 Å². The lowest BCUT2D eigenvalue weighted by Crippen LogP contribution is -2.45. The highest BCUT2D eigenvalue weighted by Gasteiger charge is 2.26. The highest BCUT2D eigenvalue weighted by molar-refractivity contribution is 4.92. The van der Waals surface area contributed by atoms with Gasteiger partial charge in [-0.05, 0) is 32.6 Å². The Labute approximate surface area is 75.2 Å². The molecule has 0 saturated carbocycles. The summed E-state index contributed by atoms with van der Waals surface area (Å²) in [5, 5.41) is 8.80. The van der Waals surface area contributed by atoms with Crippen LogP contribution in [0.5, 0.6) is 0 Å². The van der Waals surface area contributed by atoms with Gasteiger partial charge in [0.1, 0.15) is 0 Å². The van der Waals surface area contributed by atoms with Crippen LogP contribution in [0.15, 0.2) is 0 Å². The molecule has 1 fully saturated rings. The van der Waals surface area contributed by atoms with Gasteiger partial charge in [-0.3, -0.25) is 4.90 Å². The topological polar surface area (TPSA) is 27.0 Å². The second kappa shape index (κ2) is 3.91. The maximum atomic E-state index is 8.80. The first-order chi connectivity index (χ1) is 5.65. The Bertz CT molecular complexity index is 183. The van der Waals surface area contributed by atoms with Crippen LogP contribution < -0.4 is 0 Å². The Morgan fingerprint density at radius 3 is 2.67 bits per heavy atom. The molecule has 1 saturated heterocycles. The number of nitriles is 1. The average molecular weight is 166 g/mol. The van der Waals surface area contributed by atoms with Crippen molar-refractivity contribution in [2.24, 2.45) is 5.92 Å². The molecule has 1 aliphatic rings. The fourth-order valence-corrected chi connectivity index (χ4v) is 1.94. The summed E-state index contributed by atoms with van der Waals surface area (Å²) in [6.45, 7) is 7.58. The molecular formula is C10H18N2. The summed E-state index contributed by atoms with van der Waals surface area (Å²) in [6, 6.07) is 2.99. The van der Waals surface area contributed by atoms with E-state index in [-0.39, 0.29) is 6.04 Å². The zero-order chi connectivity index (χ0) is 9.14. The van der Waals surface area contributed by atoms with Crippen LogP contribution in [-0.4, -0.2) is 23.5 Å². The zero-order valence-electron chi connectivity index (χ0n) is 8.25. The second-order valence-corrected chi connectivity index (χ2v) is 4.03. The summed E-state index contributed by atoms with van der Waals surface area (Å²) in [5.41, 5.74) is 0. The summed E-state index contributed by atoms with van der Waals surface area (Å²) < 4.78 is 0. The number of hydrogen-bond donors (Lipinski definition) is 0. The van der Waals surface area contributed by atoms with Gasteiger partial charge in [-0.15, -0.1) is 0 Å². The Morgan fingerprint density at radius 2 is 2.08 bits per heavy atom. The molecule has 12 heavy (non-hydrogen) atoms. The van der Waals surface area contributed by atoms with E-state index in [1.165, 1.54) is 12.8 Å². The molecule has 0 aromatic heterocycles. The van der Waals surface area contributed by atoms with Gasteiger partial charge >= 0.3 is 0 Å². The van der Waals surface area contributed by atoms with Crippen molar-refractivity contribution in [3.8, 4) is 6.07 Å². The van der Waals surface area contributed by atoms with Gasteiger partial charge in [0.2, 0.25) is 0 Å². The fourth-order valence-electron chi connectivity index (χ4n) is 1.94. The van der Waals surface area contributed by atoms with Crippen LogP contribution in [0.4, 0.5) is 0 Å². The van der Waals surface area contributed by atoms with Crippen molar-refractivity contribution in [1.29, 1.82) is 5.26 Å². The molecule has 3 unspecified atom stereocenters. The molecule has 2 nitrogen and oxygen atoms in total. The van der Waals surface area contributed by atoms with Crippen LogP contribution >= 0.6 is 0 Å².